The number of nitrogens with one attached hydrogen (secondary N) is 1. The van der Waals surface area contributed by atoms with Gasteiger partial charge >= 0.3 is 0 Å². The van der Waals surface area contributed by atoms with E-state index in [9.17, 15) is 15.3 Å². The minimum atomic E-state index is -1.66. The summed E-state index contributed by atoms with van der Waals surface area (Å²) in [5.41, 5.74) is 6.15. The molecule has 1 aliphatic rings. The van der Waals surface area contributed by atoms with Crippen LogP contribution in [-0.2, 0) is 11.3 Å². The second-order valence-corrected chi connectivity index (χ2v) is 7.35. The zero-order valence-electron chi connectivity index (χ0n) is 16.1. The molecule has 0 radical (unpaired) electrons. The molecule has 29 heavy (non-hydrogen) atoms. The first kappa shape index (κ1) is 19.5. The van der Waals surface area contributed by atoms with Gasteiger partial charge in [0.15, 0.2) is 23.2 Å². The van der Waals surface area contributed by atoms with Gasteiger partial charge in [-0.2, -0.15) is 9.97 Å². The molecule has 1 aromatic carbocycles. The van der Waals surface area contributed by atoms with E-state index in [-0.39, 0.29) is 5.95 Å². The van der Waals surface area contributed by atoms with Gasteiger partial charge in [-0.25, -0.2) is 4.98 Å². The summed E-state index contributed by atoms with van der Waals surface area (Å²) in [7, 11) is 0. The van der Waals surface area contributed by atoms with Crippen LogP contribution in [0.5, 0.6) is 0 Å². The molecule has 0 amide bonds. The van der Waals surface area contributed by atoms with E-state index in [2.05, 4.69) is 20.3 Å². The lowest BCUT2D eigenvalue weighted by molar-refractivity contribution is -0.0958. The third-order valence-electron chi connectivity index (χ3n) is 5.21. The quantitative estimate of drug-likeness (QED) is 0.408. The molecule has 1 fully saturated rings. The highest BCUT2D eigenvalue weighted by Gasteiger charge is 2.53. The van der Waals surface area contributed by atoms with Crippen molar-refractivity contribution < 1.29 is 20.1 Å². The molecule has 154 valence electrons. The lowest BCUT2D eigenvalue weighted by Crippen LogP contribution is -2.44. The average molecular weight is 400 g/mol. The second-order valence-electron chi connectivity index (χ2n) is 7.35. The Morgan fingerprint density at radius 2 is 1.97 bits per heavy atom. The summed E-state index contributed by atoms with van der Waals surface area (Å²) < 4.78 is 7.30. The average Bonchev–Trinajstić information content (AvgIpc) is 3.13. The lowest BCUT2D eigenvalue weighted by Gasteiger charge is -2.28. The third kappa shape index (κ3) is 3.29. The van der Waals surface area contributed by atoms with Gasteiger partial charge in [0.1, 0.15) is 23.6 Å². The zero-order chi connectivity index (χ0) is 20.8. The zero-order valence-corrected chi connectivity index (χ0v) is 16.1. The SMILES string of the molecule is Cc1nc2c(NCc3ccccc3)nc(N)nc2n1C1OC(CO)C(O)C1(C)O. The van der Waals surface area contributed by atoms with E-state index in [1.807, 2.05) is 30.3 Å². The number of rotatable bonds is 5. The van der Waals surface area contributed by atoms with Gasteiger partial charge in [0.2, 0.25) is 5.95 Å². The predicted molar refractivity (Wildman–Crippen MR) is 106 cm³/mol. The number of nitrogens with zero attached hydrogens (tertiary/aromatic N) is 4. The first-order valence-electron chi connectivity index (χ1n) is 9.29. The Morgan fingerprint density at radius 3 is 2.62 bits per heavy atom. The molecule has 3 aromatic rings. The minimum absolute atomic E-state index is 0.0334. The summed E-state index contributed by atoms with van der Waals surface area (Å²) in [6.45, 7) is 3.26. The molecule has 10 heteroatoms. The number of anilines is 2. The Labute approximate surface area is 167 Å². The van der Waals surface area contributed by atoms with Crippen molar-refractivity contribution in [3.63, 3.8) is 0 Å². The first-order valence-corrected chi connectivity index (χ1v) is 9.29. The van der Waals surface area contributed by atoms with Gasteiger partial charge < -0.3 is 31.1 Å². The normalized spacial score (nSPS) is 26.9. The number of aliphatic hydroxyl groups excluding tert-OH is 2. The predicted octanol–water partition coefficient (Wildman–Crippen LogP) is 0.331. The van der Waals surface area contributed by atoms with Gasteiger partial charge in [-0.3, -0.25) is 4.57 Å². The van der Waals surface area contributed by atoms with Gasteiger partial charge in [-0.15, -0.1) is 0 Å². The number of hydrogen-bond acceptors (Lipinski definition) is 9. The van der Waals surface area contributed by atoms with Crippen LogP contribution in [0.2, 0.25) is 0 Å². The highest BCUT2D eigenvalue weighted by molar-refractivity contribution is 5.84. The molecule has 10 nitrogen and oxygen atoms in total. The fourth-order valence-corrected chi connectivity index (χ4v) is 3.65. The summed E-state index contributed by atoms with van der Waals surface area (Å²) in [4.78, 5) is 13.1. The highest BCUT2D eigenvalue weighted by Crippen LogP contribution is 2.40. The van der Waals surface area contributed by atoms with Crippen LogP contribution in [-0.4, -0.2) is 59.3 Å². The maximum absolute atomic E-state index is 10.8. The topological polar surface area (TPSA) is 152 Å². The van der Waals surface area contributed by atoms with Gasteiger partial charge in [0.25, 0.3) is 0 Å². The second kappa shape index (κ2) is 7.23. The van der Waals surface area contributed by atoms with Crippen molar-refractivity contribution >= 4 is 22.9 Å². The molecule has 4 unspecified atom stereocenters. The Kier molecular flexibility index (Phi) is 4.87. The highest BCUT2D eigenvalue weighted by atomic mass is 16.6. The number of ether oxygens (including phenoxy) is 1. The van der Waals surface area contributed by atoms with E-state index in [4.69, 9.17) is 10.5 Å². The Hall–Kier alpha value is -2.79. The summed E-state index contributed by atoms with van der Waals surface area (Å²) in [6, 6.07) is 9.80. The summed E-state index contributed by atoms with van der Waals surface area (Å²) >= 11 is 0. The number of imidazole rings is 1. The van der Waals surface area contributed by atoms with Crippen molar-refractivity contribution in [3.05, 3.63) is 41.7 Å². The number of nitrogens with two attached hydrogens (primary N) is 1. The molecule has 6 N–H and O–H groups in total. The van der Waals surface area contributed by atoms with Gasteiger partial charge in [0.05, 0.1) is 6.61 Å². The maximum atomic E-state index is 10.8. The van der Waals surface area contributed by atoms with Crippen molar-refractivity contribution in [1.82, 2.24) is 19.5 Å². The van der Waals surface area contributed by atoms with Crippen LogP contribution in [0.25, 0.3) is 11.2 Å². The number of nitrogen functional groups attached to an aromatic ring is 1. The molecule has 0 saturated carbocycles. The van der Waals surface area contributed by atoms with Crippen LogP contribution in [0.15, 0.2) is 30.3 Å². The van der Waals surface area contributed by atoms with Gasteiger partial charge in [-0.05, 0) is 19.4 Å². The van der Waals surface area contributed by atoms with E-state index >= 15 is 0 Å². The van der Waals surface area contributed by atoms with E-state index in [1.54, 1.807) is 11.5 Å². The standard InChI is InChI=1S/C19H24N6O4/c1-10-22-13-15(21-8-11-6-4-3-5-7-11)23-18(20)24-16(13)25(10)17-19(2,28)14(27)12(9-26)29-17/h3-7,12,14,17,26-28H,8-9H2,1-2H3,(H3,20,21,23,24). The fourth-order valence-electron chi connectivity index (χ4n) is 3.65. The van der Waals surface area contributed by atoms with Crippen molar-refractivity contribution in [2.24, 2.45) is 0 Å². The lowest BCUT2D eigenvalue weighted by atomic mass is 9.96. The first-order chi connectivity index (χ1) is 13.8. The van der Waals surface area contributed by atoms with Gasteiger partial charge in [0, 0.05) is 6.54 Å². The van der Waals surface area contributed by atoms with Crippen molar-refractivity contribution in [3.8, 4) is 0 Å². The number of aromatic nitrogens is 4. The van der Waals surface area contributed by atoms with Crippen LogP contribution in [0, 0.1) is 6.92 Å². The van der Waals surface area contributed by atoms with Crippen LogP contribution in [0.3, 0.4) is 0 Å². The van der Waals surface area contributed by atoms with E-state index in [1.165, 1.54) is 6.92 Å². The summed E-state index contributed by atoms with van der Waals surface area (Å²) in [5, 5.41) is 33.9. The Balaban J connectivity index is 1.75. The van der Waals surface area contributed by atoms with Crippen molar-refractivity contribution in [2.45, 2.75) is 44.4 Å². The van der Waals surface area contributed by atoms with E-state index in [0.717, 1.165) is 5.56 Å². The fraction of sp³-hybridized carbons (Fsp3) is 0.421. The summed E-state index contributed by atoms with van der Waals surface area (Å²) in [6.07, 6.45) is -3.21. The molecular formula is C19H24N6O4. The minimum Gasteiger partial charge on any atom is -0.394 e. The third-order valence-corrected chi connectivity index (χ3v) is 5.21. The smallest absolute Gasteiger partial charge is 0.224 e. The number of fused-ring (bicyclic) bond motifs is 1. The number of aliphatic hydroxyl groups is 3. The molecular weight excluding hydrogens is 376 g/mol. The monoisotopic (exact) mass is 400 g/mol. The molecule has 0 aliphatic carbocycles. The number of hydrogen-bond donors (Lipinski definition) is 5. The van der Waals surface area contributed by atoms with Crippen LogP contribution >= 0.6 is 0 Å². The number of benzene rings is 1. The van der Waals surface area contributed by atoms with E-state index < -0.39 is 30.6 Å². The maximum Gasteiger partial charge on any atom is 0.224 e. The van der Waals surface area contributed by atoms with Crippen LogP contribution in [0.4, 0.5) is 11.8 Å². The summed E-state index contributed by atoms with van der Waals surface area (Å²) in [5.74, 6) is 0.986. The van der Waals surface area contributed by atoms with Crippen molar-refractivity contribution in [2.75, 3.05) is 17.7 Å². The number of aryl methyl sites for hydroxylation is 1. The Bertz CT molecular complexity index is 1020. The molecule has 4 rings (SSSR count). The molecule has 0 spiro atoms. The van der Waals surface area contributed by atoms with E-state index in [0.29, 0.717) is 29.4 Å². The largest absolute Gasteiger partial charge is 0.394 e. The molecule has 1 saturated heterocycles. The van der Waals surface area contributed by atoms with Gasteiger partial charge in [-0.1, -0.05) is 30.3 Å². The molecule has 1 aliphatic heterocycles. The van der Waals surface area contributed by atoms with Crippen LogP contribution in [0.1, 0.15) is 24.5 Å². The van der Waals surface area contributed by atoms with Crippen molar-refractivity contribution in [1.29, 1.82) is 0 Å². The Morgan fingerprint density at radius 1 is 1.24 bits per heavy atom. The molecule has 0 bridgehead atoms. The molecule has 4 atom stereocenters. The van der Waals surface area contributed by atoms with Crippen LogP contribution < -0.4 is 11.1 Å². The molecule has 3 heterocycles. The molecule has 2 aromatic heterocycles.